The van der Waals surface area contributed by atoms with Gasteiger partial charge in [-0.3, -0.25) is 9.78 Å². The van der Waals surface area contributed by atoms with Crippen molar-refractivity contribution in [3.8, 4) is 5.69 Å². The summed E-state index contributed by atoms with van der Waals surface area (Å²) in [7, 11) is 0. The third-order valence-electron chi connectivity index (χ3n) is 6.66. The molecule has 0 bridgehead atoms. The molecule has 6 nitrogen and oxygen atoms in total. The minimum absolute atomic E-state index is 0.109. The van der Waals surface area contributed by atoms with Crippen molar-refractivity contribution in [3.63, 3.8) is 0 Å². The second kappa shape index (κ2) is 9.87. The van der Waals surface area contributed by atoms with Crippen LogP contribution >= 0.6 is 12.2 Å². The topological polar surface area (TPSA) is 62.2 Å². The fraction of sp³-hybridized carbons (Fsp3) is 0.100. The molecule has 0 saturated carbocycles. The van der Waals surface area contributed by atoms with E-state index < -0.39 is 0 Å². The molecule has 6 rings (SSSR count). The molecule has 3 heterocycles. The average molecular weight is 504 g/mol. The zero-order chi connectivity index (χ0) is 25.2. The molecule has 3 aromatic carbocycles. The highest BCUT2D eigenvalue weighted by molar-refractivity contribution is 7.80. The monoisotopic (exact) mass is 503 g/mol. The molecule has 2 N–H and O–H groups in total. The van der Waals surface area contributed by atoms with Crippen LogP contribution in [0.15, 0.2) is 116 Å². The van der Waals surface area contributed by atoms with Crippen LogP contribution in [0.3, 0.4) is 0 Å². The smallest absolute Gasteiger partial charge is 0.244 e. The van der Waals surface area contributed by atoms with E-state index in [-0.39, 0.29) is 24.5 Å². The lowest BCUT2D eigenvalue weighted by molar-refractivity contribution is -0.116. The zero-order valence-corrected chi connectivity index (χ0v) is 20.8. The molecule has 182 valence electrons. The van der Waals surface area contributed by atoms with Crippen LogP contribution < -0.4 is 10.6 Å². The number of carbonyl (C=O) groups is 1. The van der Waals surface area contributed by atoms with Crippen molar-refractivity contribution in [2.45, 2.75) is 12.1 Å². The lowest BCUT2D eigenvalue weighted by atomic mass is 10.0. The van der Waals surface area contributed by atoms with Gasteiger partial charge in [-0.05, 0) is 71.5 Å². The minimum Gasteiger partial charge on any atom is -0.352 e. The fourth-order valence-corrected chi connectivity index (χ4v) is 5.28. The number of pyridine rings is 1. The van der Waals surface area contributed by atoms with E-state index in [1.165, 1.54) is 10.8 Å². The van der Waals surface area contributed by atoms with Crippen LogP contribution in [0, 0.1) is 0 Å². The predicted molar refractivity (Wildman–Crippen MR) is 151 cm³/mol. The van der Waals surface area contributed by atoms with Crippen LogP contribution in [0.2, 0.25) is 0 Å². The van der Waals surface area contributed by atoms with Crippen LogP contribution in [-0.2, 0) is 4.79 Å². The Balaban J connectivity index is 1.39. The van der Waals surface area contributed by atoms with Crippen LogP contribution in [0.1, 0.15) is 23.5 Å². The summed E-state index contributed by atoms with van der Waals surface area (Å²) in [5.41, 5.74) is 3.69. The molecule has 37 heavy (non-hydrogen) atoms. The van der Waals surface area contributed by atoms with E-state index >= 15 is 0 Å². The number of hydrogen-bond acceptors (Lipinski definition) is 3. The molecule has 5 aromatic rings. The van der Waals surface area contributed by atoms with Gasteiger partial charge in [0.2, 0.25) is 5.91 Å². The van der Waals surface area contributed by atoms with Gasteiger partial charge in [0.05, 0.1) is 17.8 Å². The molecule has 0 radical (unpaired) electrons. The van der Waals surface area contributed by atoms with E-state index in [0.717, 1.165) is 22.8 Å². The van der Waals surface area contributed by atoms with Gasteiger partial charge in [0.1, 0.15) is 6.54 Å². The second-order valence-corrected chi connectivity index (χ2v) is 9.39. The molecule has 7 heteroatoms. The highest BCUT2D eigenvalue weighted by Crippen LogP contribution is 2.39. The first-order chi connectivity index (χ1) is 18.2. The van der Waals surface area contributed by atoms with Crippen LogP contribution in [0.5, 0.6) is 0 Å². The Labute approximate surface area is 220 Å². The Bertz CT molecular complexity index is 1570. The predicted octanol–water partition coefficient (Wildman–Crippen LogP) is 5.64. The van der Waals surface area contributed by atoms with Gasteiger partial charge in [-0.25, -0.2) is 0 Å². The summed E-state index contributed by atoms with van der Waals surface area (Å²) in [5.74, 6) is -0.133. The van der Waals surface area contributed by atoms with E-state index in [9.17, 15) is 4.79 Å². The van der Waals surface area contributed by atoms with Crippen molar-refractivity contribution in [3.05, 3.63) is 127 Å². The minimum atomic E-state index is -0.245. The average Bonchev–Trinajstić information content (AvgIpc) is 3.54. The van der Waals surface area contributed by atoms with Crippen molar-refractivity contribution in [1.82, 2.24) is 19.8 Å². The first kappa shape index (κ1) is 22.9. The number of fused-ring (bicyclic) bond motifs is 1. The van der Waals surface area contributed by atoms with Gasteiger partial charge in [-0.1, -0.05) is 54.6 Å². The largest absolute Gasteiger partial charge is 0.352 e. The third-order valence-corrected chi connectivity index (χ3v) is 7.02. The highest BCUT2D eigenvalue weighted by Gasteiger charge is 2.42. The summed E-state index contributed by atoms with van der Waals surface area (Å²) in [6.07, 6.45) is 3.84. The van der Waals surface area contributed by atoms with Crippen LogP contribution in [0.4, 0.5) is 5.69 Å². The maximum Gasteiger partial charge on any atom is 0.244 e. The fourth-order valence-electron chi connectivity index (χ4n) is 4.97. The van der Waals surface area contributed by atoms with E-state index in [2.05, 4.69) is 62.8 Å². The van der Waals surface area contributed by atoms with Gasteiger partial charge in [0, 0.05) is 29.5 Å². The van der Waals surface area contributed by atoms with Gasteiger partial charge in [0.15, 0.2) is 5.11 Å². The summed E-state index contributed by atoms with van der Waals surface area (Å²) in [6, 6.07) is 33.7. The number of rotatable bonds is 6. The zero-order valence-electron chi connectivity index (χ0n) is 20.0. The van der Waals surface area contributed by atoms with Crippen molar-refractivity contribution in [2.75, 3.05) is 11.9 Å². The summed E-state index contributed by atoms with van der Waals surface area (Å²) < 4.78 is 2.17. The molecule has 2 unspecified atom stereocenters. The molecular formula is C30H25N5OS. The van der Waals surface area contributed by atoms with Gasteiger partial charge in [-0.2, -0.15) is 0 Å². The third kappa shape index (κ3) is 4.57. The molecule has 1 saturated heterocycles. The molecular weight excluding hydrogens is 478 g/mol. The lowest BCUT2D eigenvalue weighted by Gasteiger charge is -2.28. The highest BCUT2D eigenvalue weighted by atomic mass is 32.1. The molecule has 1 aliphatic heterocycles. The molecule has 1 aliphatic rings. The Hall–Kier alpha value is -4.49. The normalized spacial score (nSPS) is 17.1. The number of aromatic nitrogens is 2. The van der Waals surface area contributed by atoms with Crippen molar-refractivity contribution >= 4 is 39.7 Å². The standard InChI is InChI=1S/C30H25N5OS/c36-27(32-23-11-2-1-3-12-23)20-35-29(28(33-30(35)37)25-13-6-7-17-31-25)26-14-8-18-34(26)24-16-15-21-9-4-5-10-22(21)19-24/h1-19,28-29H,20H2,(H,32,36)(H,33,37). The van der Waals surface area contributed by atoms with Crippen molar-refractivity contribution in [2.24, 2.45) is 0 Å². The summed E-state index contributed by atoms with van der Waals surface area (Å²) >= 11 is 5.77. The second-order valence-electron chi connectivity index (χ2n) is 9.00. The Kier molecular flexibility index (Phi) is 6.12. The maximum absolute atomic E-state index is 13.1. The molecule has 2 atom stereocenters. The van der Waals surface area contributed by atoms with Gasteiger partial charge in [-0.15, -0.1) is 0 Å². The van der Waals surface area contributed by atoms with Crippen molar-refractivity contribution in [1.29, 1.82) is 0 Å². The van der Waals surface area contributed by atoms with Gasteiger partial charge < -0.3 is 20.1 Å². The maximum atomic E-state index is 13.1. The Morgan fingerprint density at radius 2 is 1.68 bits per heavy atom. The van der Waals surface area contributed by atoms with Crippen molar-refractivity contribution < 1.29 is 4.79 Å². The number of para-hydroxylation sites is 1. The molecule has 0 spiro atoms. The number of amides is 1. The van der Waals surface area contributed by atoms with E-state index in [0.29, 0.717) is 5.11 Å². The molecule has 0 aliphatic carbocycles. The summed E-state index contributed by atoms with van der Waals surface area (Å²) in [4.78, 5) is 19.7. The van der Waals surface area contributed by atoms with E-state index in [1.54, 1.807) is 6.20 Å². The quantitative estimate of drug-likeness (QED) is 0.294. The first-order valence-electron chi connectivity index (χ1n) is 12.2. The molecule has 2 aromatic heterocycles. The molecule has 1 fully saturated rings. The number of hydrogen-bond donors (Lipinski definition) is 2. The van der Waals surface area contributed by atoms with Crippen LogP contribution in [0.25, 0.3) is 16.5 Å². The van der Waals surface area contributed by atoms with E-state index in [4.69, 9.17) is 12.2 Å². The van der Waals surface area contributed by atoms with Gasteiger partial charge >= 0.3 is 0 Å². The number of thiocarbonyl (C=S) groups is 1. The summed E-state index contributed by atoms with van der Waals surface area (Å²) in [5, 5.41) is 9.30. The number of anilines is 1. The van der Waals surface area contributed by atoms with Gasteiger partial charge in [0.25, 0.3) is 0 Å². The number of benzene rings is 3. The van der Waals surface area contributed by atoms with E-state index in [1.807, 2.05) is 71.6 Å². The number of nitrogens with one attached hydrogen (secondary N) is 2. The number of nitrogens with zero attached hydrogens (tertiary/aromatic N) is 3. The Morgan fingerprint density at radius 3 is 2.49 bits per heavy atom. The SMILES string of the molecule is O=C(CN1C(=S)NC(c2ccccn2)C1c1cccn1-c1ccc2ccccc2c1)Nc1ccccc1. The van der Waals surface area contributed by atoms with Crippen LogP contribution in [-0.4, -0.2) is 32.0 Å². The molecule has 1 amide bonds. The summed E-state index contributed by atoms with van der Waals surface area (Å²) in [6.45, 7) is 0.109. The number of carbonyl (C=O) groups excluding carboxylic acids is 1. The first-order valence-corrected chi connectivity index (χ1v) is 12.6. The Morgan fingerprint density at radius 1 is 0.892 bits per heavy atom. The lowest BCUT2D eigenvalue weighted by Crippen LogP contribution is -2.37.